The Kier molecular flexibility index (Phi) is 3.27. The second kappa shape index (κ2) is 5.23. The van der Waals surface area contributed by atoms with Gasteiger partial charge in [0.05, 0.1) is 23.5 Å². The van der Waals surface area contributed by atoms with Crippen LogP contribution in [0.3, 0.4) is 0 Å². The van der Waals surface area contributed by atoms with E-state index in [2.05, 4.69) is 25.5 Å². The quantitative estimate of drug-likeness (QED) is 0.761. The molecule has 21 heavy (non-hydrogen) atoms. The molecule has 0 aliphatic heterocycles. The first-order chi connectivity index (χ1) is 10.2. The summed E-state index contributed by atoms with van der Waals surface area (Å²) in [5.41, 5.74) is 2.14. The zero-order valence-corrected chi connectivity index (χ0v) is 11.2. The van der Waals surface area contributed by atoms with Crippen molar-refractivity contribution < 1.29 is 9.90 Å². The minimum atomic E-state index is -0.894. The second-order valence-corrected chi connectivity index (χ2v) is 4.65. The van der Waals surface area contributed by atoms with E-state index in [1.165, 1.54) is 4.68 Å². The van der Waals surface area contributed by atoms with Gasteiger partial charge in [0.2, 0.25) is 0 Å². The van der Waals surface area contributed by atoms with Crippen LogP contribution in [0.5, 0.6) is 0 Å². The van der Waals surface area contributed by atoms with Crippen LogP contribution in [0.2, 0.25) is 0 Å². The highest BCUT2D eigenvalue weighted by molar-refractivity contribution is 5.89. The van der Waals surface area contributed by atoms with Crippen LogP contribution >= 0.6 is 0 Å². The van der Waals surface area contributed by atoms with Gasteiger partial charge in [-0.3, -0.25) is 14.8 Å². The van der Waals surface area contributed by atoms with Crippen LogP contribution < -0.4 is 0 Å². The summed E-state index contributed by atoms with van der Waals surface area (Å²) in [6.07, 6.45) is 3.21. The monoisotopic (exact) mass is 284 g/mol. The Balaban J connectivity index is 2.08. The summed E-state index contributed by atoms with van der Waals surface area (Å²) in [6, 6.07) is 5.52. The van der Waals surface area contributed by atoms with Gasteiger partial charge in [-0.05, 0) is 22.6 Å². The fourth-order valence-corrected chi connectivity index (χ4v) is 2.03. The molecule has 2 aromatic heterocycles. The molecule has 0 radical (unpaired) electrons. The number of para-hydroxylation sites is 1. The lowest BCUT2D eigenvalue weighted by atomic mass is 10.1. The maximum absolute atomic E-state index is 11.0. The highest BCUT2D eigenvalue weighted by Crippen LogP contribution is 2.24. The predicted molar refractivity (Wildman–Crippen MR) is 73.1 cm³/mol. The zero-order chi connectivity index (χ0) is 14.8. The standard InChI is InChI=1S/C13H12N6O2/c1-8(13(20)21)7-19-12(16-17-18-19)9-3-2-4-10-11(9)15-6-5-14-10/h2-6,8H,7H2,1H3,(H,20,21). The van der Waals surface area contributed by atoms with Crippen LogP contribution in [0.15, 0.2) is 30.6 Å². The minimum Gasteiger partial charge on any atom is -0.481 e. The number of fused-ring (bicyclic) bond motifs is 1. The van der Waals surface area contributed by atoms with Gasteiger partial charge in [-0.15, -0.1) is 5.10 Å². The molecule has 1 aromatic carbocycles. The summed E-state index contributed by atoms with van der Waals surface area (Å²) < 4.78 is 1.47. The van der Waals surface area contributed by atoms with Crippen molar-refractivity contribution in [2.45, 2.75) is 13.5 Å². The van der Waals surface area contributed by atoms with E-state index in [4.69, 9.17) is 5.11 Å². The van der Waals surface area contributed by atoms with Gasteiger partial charge in [-0.2, -0.15) is 0 Å². The smallest absolute Gasteiger partial charge is 0.308 e. The van der Waals surface area contributed by atoms with Gasteiger partial charge in [0.25, 0.3) is 0 Å². The van der Waals surface area contributed by atoms with Gasteiger partial charge in [0.1, 0.15) is 0 Å². The molecule has 1 N–H and O–H groups in total. The molecule has 1 unspecified atom stereocenters. The largest absolute Gasteiger partial charge is 0.481 e. The molecule has 1 atom stereocenters. The lowest BCUT2D eigenvalue weighted by Crippen LogP contribution is -2.18. The second-order valence-electron chi connectivity index (χ2n) is 4.65. The first-order valence-electron chi connectivity index (χ1n) is 6.36. The van der Waals surface area contributed by atoms with E-state index in [1.807, 2.05) is 18.2 Å². The van der Waals surface area contributed by atoms with Crippen LogP contribution in [0.4, 0.5) is 0 Å². The summed E-state index contributed by atoms with van der Waals surface area (Å²) in [7, 11) is 0. The number of aliphatic carboxylic acids is 1. The van der Waals surface area contributed by atoms with E-state index in [-0.39, 0.29) is 6.54 Å². The molecule has 0 fully saturated rings. The van der Waals surface area contributed by atoms with Crippen molar-refractivity contribution >= 4 is 17.0 Å². The molecule has 3 aromatic rings. The van der Waals surface area contributed by atoms with Crippen LogP contribution in [0.1, 0.15) is 6.92 Å². The normalized spacial score (nSPS) is 12.4. The van der Waals surface area contributed by atoms with E-state index in [0.29, 0.717) is 11.3 Å². The van der Waals surface area contributed by atoms with Crippen LogP contribution in [0.25, 0.3) is 22.4 Å². The van der Waals surface area contributed by atoms with Crippen molar-refractivity contribution in [2.24, 2.45) is 5.92 Å². The van der Waals surface area contributed by atoms with Gasteiger partial charge in [0, 0.05) is 18.0 Å². The number of nitrogens with zero attached hydrogens (tertiary/aromatic N) is 6. The van der Waals surface area contributed by atoms with E-state index in [1.54, 1.807) is 19.3 Å². The Morgan fingerprint density at radius 3 is 2.95 bits per heavy atom. The molecule has 0 aliphatic carbocycles. The molecular formula is C13H12N6O2. The average Bonchev–Trinajstić information content (AvgIpc) is 2.94. The highest BCUT2D eigenvalue weighted by Gasteiger charge is 2.18. The zero-order valence-electron chi connectivity index (χ0n) is 11.2. The number of rotatable bonds is 4. The maximum Gasteiger partial charge on any atom is 0.308 e. The van der Waals surface area contributed by atoms with Crippen molar-refractivity contribution in [1.29, 1.82) is 0 Å². The molecule has 0 amide bonds. The summed E-state index contributed by atoms with van der Waals surface area (Å²) in [5, 5.41) is 20.5. The Morgan fingerprint density at radius 2 is 2.14 bits per heavy atom. The first-order valence-corrected chi connectivity index (χ1v) is 6.36. The molecule has 0 aliphatic rings. The summed E-state index contributed by atoms with van der Waals surface area (Å²) in [5.74, 6) is -1.00. The molecule has 8 nitrogen and oxygen atoms in total. The third-order valence-corrected chi connectivity index (χ3v) is 3.14. The average molecular weight is 284 g/mol. The lowest BCUT2D eigenvalue weighted by Gasteiger charge is -2.09. The molecule has 0 spiro atoms. The Bertz CT molecular complexity index is 795. The molecule has 2 heterocycles. The molecule has 0 saturated carbocycles. The molecule has 3 rings (SSSR count). The Hall–Kier alpha value is -2.90. The highest BCUT2D eigenvalue weighted by atomic mass is 16.4. The van der Waals surface area contributed by atoms with E-state index in [0.717, 1.165) is 11.1 Å². The van der Waals surface area contributed by atoms with E-state index >= 15 is 0 Å². The van der Waals surface area contributed by atoms with Crippen molar-refractivity contribution in [3.63, 3.8) is 0 Å². The Labute approximate surface area is 119 Å². The number of carboxylic acids is 1. The van der Waals surface area contributed by atoms with Crippen molar-refractivity contribution in [2.75, 3.05) is 0 Å². The number of tetrazole rings is 1. The maximum atomic E-state index is 11.0. The minimum absolute atomic E-state index is 0.189. The van der Waals surface area contributed by atoms with Crippen LogP contribution in [0, 0.1) is 5.92 Å². The lowest BCUT2D eigenvalue weighted by molar-refractivity contribution is -0.141. The van der Waals surface area contributed by atoms with Crippen molar-refractivity contribution in [3.05, 3.63) is 30.6 Å². The molecular weight excluding hydrogens is 272 g/mol. The number of benzene rings is 1. The van der Waals surface area contributed by atoms with Crippen molar-refractivity contribution in [3.8, 4) is 11.4 Å². The SMILES string of the molecule is CC(Cn1nnnc1-c1cccc2nccnc12)C(=O)O. The molecule has 8 heteroatoms. The topological polar surface area (TPSA) is 107 Å². The van der Waals surface area contributed by atoms with E-state index < -0.39 is 11.9 Å². The summed E-state index contributed by atoms with van der Waals surface area (Å²) in [6.45, 7) is 1.80. The molecule has 0 saturated heterocycles. The van der Waals surface area contributed by atoms with Gasteiger partial charge < -0.3 is 5.11 Å². The summed E-state index contributed by atoms with van der Waals surface area (Å²) in [4.78, 5) is 19.5. The molecule has 0 bridgehead atoms. The predicted octanol–water partition coefficient (Wildman–Crippen LogP) is 1.00. The third kappa shape index (κ3) is 2.42. The van der Waals surface area contributed by atoms with Gasteiger partial charge >= 0.3 is 5.97 Å². The summed E-state index contributed by atoms with van der Waals surface area (Å²) >= 11 is 0. The third-order valence-electron chi connectivity index (χ3n) is 3.14. The van der Waals surface area contributed by atoms with Gasteiger partial charge in [-0.1, -0.05) is 13.0 Å². The number of carbonyl (C=O) groups is 1. The molecule has 106 valence electrons. The first kappa shape index (κ1) is 13.1. The number of hydrogen-bond acceptors (Lipinski definition) is 6. The Morgan fingerprint density at radius 1 is 1.33 bits per heavy atom. The van der Waals surface area contributed by atoms with Crippen molar-refractivity contribution in [1.82, 2.24) is 30.2 Å². The number of aromatic nitrogens is 6. The van der Waals surface area contributed by atoms with Gasteiger partial charge in [0.15, 0.2) is 5.82 Å². The van der Waals surface area contributed by atoms with E-state index in [9.17, 15) is 4.79 Å². The fourth-order valence-electron chi connectivity index (χ4n) is 2.03. The number of hydrogen-bond donors (Lipinski definition) is 1. The van der Waals surface area contributed by atoms with Gasteiger partial charge in [-0.25, -0.2) is 4.68 Å². The fraction of sp³-hybridized carbons (Fsp3) is 0.231. The number of carboxylic acid groups (broad SMARTS) is 1. The van der Waals surface area contributed by atoms with Crippen LogP contribution in [-0.4, -0.2) is 41.3 Å². The van der Waals surface area contributed by atoms with Crippen LogP contribution in [-0.2, 0) is 11.3 Å².